The molecule has 124 valence electrons. The summed E-state index contributed by atoms with van der Waals surface area (Å²) in [5.41, 5.74) is 2.82. The Labute approximate surface area is 142 Å². The largest absolute Gasteiger partial charge is 0.481 e. The highest BCUT2D eigenvalue weighted by Crippen LogP contribution is 2.19. The van der Waals surface area contributed by atoms with Crippen LogP contribution in [0.5, 0.6) is 5.88 Å². The van der Waals surface area contributed by atoms with Gasteiger partial charge in [0.05, 0.1) is 31.2 Å². The third-order valence-electron chi connectivity index (χ3n) is 3.77. The Balaban J connectivity index is 1.73. The highest BCUT2D eigenvalue weighted by molar-refractivity contribution is 5.70. The van der Waals surface area contributed by atoms with Crippen LogP contribution in [-0.4, -0.2) is 36.6 Å². The number of pyridine rings is 2. The van der Waals surface area contributed by atoms with Crippen LogP contribution >= 0.6 is 0 Å². The molecule has 1 N–H and O–H groups in total. The zero-order chi connectivity index (χ0) is 17.2. The van der Waals surface area contributed by atoms with E-state index in [4.69, 9.17) is 4.74 Å². The predicted octanol–water partition coefficient (Wildman–Crippen LogP) is 1.63. The van der Waals surface area contributed by atoms with E-state index >= 15 is 0 Å². The van der Waals surface area contributed by atoms with Crippen molar-refractivity contribution in [3.63, 3.8) is 0 Å². The first-order chi connectivity index (χ1) is 12.2. The summed E-state index contributed by atoms with van der Waals surface area (Å²) in [4.78, 5) is 32.3. The smallest absolute Gasteiger partial charge is 0.329 e. The van der Waals surface area contributed by atoms with Gasteiger partial charge in [-0.25, -0.2) is 19.7 Å². The maximum atomic E-state index is 12.2. The molecule has 0 bridgehead atoms. The van der Waals surface area contributed by atoms with Gasteiger partial charge in [0, 0.05) is 24.0 Å². The zero-order valence-corrected chi connectivity index (χ0v) is 13.4. The van der Waals surface area contributed by atoms with Crippen LogP contribution in [0.4, 0.5) is 0 Å². The maximum absolute atomic E-state index is 12.2. The molecule has 25 heavy (non-hydrogen) atoms. The van der Waals surface area contributed by atoms with Crippen molar-refractivity contribution in [2.24, 2.45) is 0 Å². The van der Waals surface area contributed by atoms with Crippen LogP contribution in [0.25, 0.3) is 22.6 Å². The molecule has 0 unspecified atom stereocenters. The zero-order valence-electron chi connectivity index (χ0n) is 13.4. The number of ether oxygens (including phenoxy) is 1. The number of imidazole rings is 1. The van der Waals surface area contributed by atoms with Crippen molar-refractivity contribution in [3.8, 4) is 17.1 Å². The average molecular weight is 334 g/mol. The lowest BCUT2D eigenvalue weighted by molar-refractivity contribution is 0.398. The summed E-state index contributed by atoms with van der Waals surface area (Å²) >= 11 is 0. The number of H-pyrrole nitrogens is 1. The first kappa shape index (κ1) is 15.0. The summed E-state index contributed by atoms with van der Waals surface area (Å²) in [6, 6.07) is 9.15. The molecule has 0 aromatic carbocycles. The number of rotatable bonds is 4. The number of nitrogens with zero attached hydrogens (tertiary/aromatic N) is 5. The maximum Gasteiger partial charge on any atom is 0.329 e. The summed E-state index contributed by atoms with van der Waals surface area (Å²) in [7, 11) is 1.56. The van der Waals surface area contributed by atoms with E-state index in [1.807, 2.05) is 24.3 Å². The number of methoxy groups -OCH3 is 1. The Hall–Kier alpha value is -3.55. The van der Waals surface area contributed by atoms with Crippen molar-refractivity contribution in [3.05, 3.63) is 65.1 Å². The summed E-state index contributed by atoms with van der Waals surface area (Å²) < 4.78 is 6.56. The summed E-state index contributed by atoms with van der Waals surface area (Å²) in [5, 5.41) is 0. The van der Waals surface area contributed by atoms with E-state index in [0.29, 0.717) is 29.4 Å². The molecule has 0 aliphatic heterocycles. The van der Waals surface area contributed by atoms with Crippen molar-refractivity contribution in [2.75, 3.05) is 7.11 Å². The van der Waals surface area contributed by atoms with Gasteiger partial charge in [0.15, 0.2) is 11.3 Å². The van der Waals surface area contributed by atoms with Crippen molar-refractivity contribution >= 4 is 11.3 Å². The molecule has 0 aliphatic carbocycles. The highest BCUT2D eigenvalue weighted by atomic mass is 16.5. The first-order valence-electron chi connectivity index (χ1n) is 7.60. The molecule has 0 fully saturated rings. The van der Waals surface area contributed by atoms with Gasteiger partial charge < -0.3 is 4.74 Å². The Morgan fingerprint density at radius 1 is 1.12 bits per heavy atom. The van der Waals surface area contributed by atoms with Gasteiger partial charge in [0.25, 0.3) is 0 Å². The molecule has 0 spiro atoms. The lowest BCUT2D eigenvalue weighted by atomic mass is 10.2. The topological polar surface area (TPSA) is 98.6 Å². The van der Waals surface area contributed by atoms with Gasteiger partial charge in [0.1, 0.15) is 0 Å². The first-order valence-corrected chi connectivity index (χ1v) is 7.60. The SMILES string of the molecule is COc1ccc(-c2cnc3c(n2)[nH]c(=O)n3Cc2ccccn2)cn1. The second-order valence-corrected chi connectivity index (χ2v) is 5.35. The van der Waals surface area contributed by atoms with Gasteiger partial charge >= 0.3 is 5.69 Å². The molecule has 0 saturated carbocycles. The summed E-state index contributed by atoms with van der Waals surface area (Å²) in [6.07, 6.45) is 4.96. The average Bonchev–Trinajstić information content (AvgIpc) is 2.97. The normalized spacial score (nSPS) is 10.9. The Bertz CT molecular complexity index is 1070. The number of aromatic amines is 1. The van der Waals surface area contributed by atoms with Crippen molar-refractivity contribution in [1.29, 1.82) is 0 Å². The van der Waals surface area contributed by atoms with Crippen LogP contribution in [0, 0.1) is 0 Å². The van der Waals surface area contributed by atoms with Crippen LogP contribution < -0.4 is 10.4 Å². The van der Waals surface area contributed by atoms with E-state index in [2.05, 4.69) is 24.9 Å². The van der Waals surface area contributed by atoms with Gasteiger partial charge in [0.2, 0.25) is 5.88 Å². The van der Waals surface area contributed by atoms with Crippen LogP contribution in [0.3, 0.4) is 0 Å². The highest BCUT2D eigenvalue weighted by Gasteiger charge is 2.12. The van der Waals surface area contributed by atoms with Crippen LogP contribution in [0.15, 0.2) is 53.7 Å². The van der Waals surface area contributed by atoms with Gasteiger partial charge in [-0.3, -0.25) is 14.5 Å². The fourth-order valence-electron chi connectivity index (χ4n) is 2.52. The molecule has 8 nitrogen and oxygen atoms in total. The third-order valence-corrected chi connectivity index (χ3v) is 3.77. The molecule has 0 radical (unpaired) electrons. The van der Waals surface area contributed by atoms with E-state index in [0.717, 1.165) is 11.3 Å². The Morgan fingerprint density at radius 2 is 2.04 bits per heavy atom. The Morgan fingerprint density at radius 3 is 2.76 bits per heavy atom. The van der Waals surface area contributed by atoms with Crippen molar-refractivity contribution in [2.45, 2.75) is 6.54 Å². The van der Waals surface area contributed by atoms with Gasteiger partial charge in [-0.2, -0.15) is 0 Å². The molecule has 8 heteroatoms. The van der Waals surface area contributed by atoms with E-state index < -0.39 is 0 Å². The van der Waals surface area contributed by atoms with Crippen LogP contribution in [0.2, 0.25) is 0 Å². The van der Waals surface area contributed by atoms with E-state index in [1.54, 1.807) is 31.8 Å². The van der Waals surface area contributed by atoms with E-state index in [1.165, 1.54) is 4.57 Å². The standard InChI is InChI=1S/C17H14N6O2/c1-25-14-6-5-11(8-19-14)13-9-20-16-15(21-13)22-17(24)23(16)10-12-4-2-3-7-18-12/h2-9H,10H2,1H3,(H,21,22,24). The van der Waals surface area contributed by atoms with Crippen LogP contribution in [0.1, 0.15) is 5.69 Å². The fourth-order valence-corrected chi connectivity index (χ4v) is 2.52. The number of hydrogen-bond donors (Lipinski definition) is 1. The lowest BCUT2D eigenvalue weighted by Gasteiger charge is -2.04. The molecule has 0 atom stereocenters. The number of fused-ring (bicyclic) bond motifs is 1. The molecule has 4 aromatic rings. The predicted molar refractivity (Wildman–Crippen MR) is 91.3 cm³/mol. The second-order valence-electron chi connectivity index (χ2n) is 5.35. The number of aromatic nitrogens is 6. The molecule has 4 heterocycles. The van der Waals surface area contributed by atoms with E-state index in [9.17, 15) is 4.79 Å². The van der Waals surface area contributed by atoms with Gasteiger partial charge in [-0.1, -0.05) is 6.07 Å². The van der Waals surface area contributed by atoms with Gasteiger partial charge in [-0.15, -0.1) is 0 Å². The molecule has 0 amide bonds. The monoisotopic (exact) mass is 334 g/mol. The minimum absolute atomic E-state index is 0.273. The Kier molecular flexibility index (Phi) is 3.70. The molecular weight excluding hydrogens is 320 g/mol. The minimum atomic E-state index is -0.273. The van der Waals surface area contributed by atoms with Crippen LogP contribution in [-0.2, 0) is 6.54 Å². The van der Waals surface area contributed by atoms with Crippen molar-refractivity contribution < 1.29 is 4.74 Å². The minimum Gasteiger partial charge on any atom is -0.481 e. The van der Waals surface area contributed by atoms with Crippen molar-refractivity contribution in [1.82, 2.24) is 29.5 Å². The number of nitrogens with one attached hydrogen (secondary N) is 1. The van der Waals surface area contributed by atoms with E-state index in [-0.39, 0.29) is 5.69 Å². The molecular formula is C17H14N6O2. The second kappa shape index (κ2) is 6.16. The fraction of sp³-hybridized carbons (Fsp3) is 0.118. The molecule has 0 aliphatic rings. The number of hydrogen-bond acceptors (Lipinski definition) is 6. The van der Waals surface area contributed by atoms with Gasteiger partial charge in [-0.05, 0) is 18.2 Å². The molecule has 4 aromatic heterocycles. The third kappa shape index (κ3) is 2.85. The summed E-state index contributed by atoms with van der Waals surface area (Å²) in [5.74, 6) is 0.521. The quantitative estimate of drug-likeness (QED) is 0.609. The molecule has 0 saturated heterocycles. The lowest BCUT2D eigenvalue weighted by Crippen LogP contribution is -2.18. The summed E-state index contributed by atoms with van der Waals surface area (Å²) in [6.45, 7) is 0.331. The molecule has 4 rings (SSSR count).